The van der Waals surface area contributed by atoms with E-state index in [1.807, 2.05) is 4.98 Å². The van der Waals surface area contributed by atoms with Crippen LogP contribution in [0.1, 0.15) is 13.3 Å². The molecule has 7 nitrogen and oxygen atoms in total. The molecule has 0 bridgehead atoms. The average molecular weight is 324 g/mol. The molecule has 1 amide bonds. The van der Waals surface area contributed by atoms with Crippen LogP contribution in [0.3, 0.4) is 0 Å². The number of aromatic amines is 2. The summed E-state index contributed by atoms with van der Waals surface area (Å²) >= 11 is 0.898. The summed E-state index contributed by atoms with van der Waals surface area (Å²) in [7, 11) is 0. The molecule has 0 saturated carbocycles. The lowest BCUT2D eigenvalue weighted by Gasteiger charge is -2.13. The molecule has 1 aromatic heterocycles. The van der Waals surface area contributed by atoms with Crippen molar-refractivity contribution in [3.8, 4) is 0 Å². The molecule has 2 rings (SSSR count). The van der Waals surface area contributed by atoms with Crippen LogP contribution in [0, 0.1) is 5.82 Å². The van der Waals surface area contributed by atoms with Gasteiger partial charge in [0.05, 0.1) is 10.9 Å². The highest BCUT2D eigenvalue weighted by Crippen LogP contribution is 2.22. The predicted octanol–water partition coefficient (Wildman–Crippen LogP) is 1.11. The van der Waals surface area contributed by atoms with Crippen LogP contribution in [0.2, 0.25) is 0 Å². The topological polar surface area (TPSA) is 108 Å². The molecule has 9 heteroatoms. The quantitative estimate of drug-likeness (QED) is 0.714. The Hall–Kier alpha value is -2.42. The Bertz CT molecular complexity index is 789. The fraction of sp³-hybridized carbons (Fsp3) is 0.231. The van der Waals surface area contributed by atoms with Gasteiger partial charge in [-0.1, -0.05) is 30.8 Å². The molecule has 0 fully saturated rings. The van der Waals surface area contributed by atoms with Gasteiger partial charge >= 0.3 is 5.69 Å². The van der Waals surface area contributed by atoms with Crippen molar-refractivity contribution in [1.29, 1.82) is 0 Å². The van der Waals surface area contributed by atoms with Crippen LogP contribution in [-0.4, -0.2) is 26.3 Å². The van der Waals surface area contributed by atoms with Gasteiger partial charge in [0.15, 0.2) is 5.03 Å². The van der Waals surface area contributed by atoms with Gasteiger partial charge in [0.25, 0.3) is 5.56 Å². The van der Waals surface area contributed by atoms with Crippen LogP contribution in [0.5, 0.6) is 0 Å². The summed E-state index contributed by atoms with van der Waals surface area (Å²) in [4.78, 5) is 36.7. The molecule has 2 aromatic rings. The molecule has 0 saturated heterocycles. The van der Waals surface area contributed by atoms with E-state index < -0.39 is 28.2 Å². The fourth-order valence-corrected chi connectivity index (χ4v) is 2.51. The Morgan fingerprint density at radius 3 is 2.77 bits per heavy atom. The highest BCUT2D eigenvalue weighted by Gasteiger charge is 2.21. The van der Waals surface area contributed by atoms with Gasteiger partial charge < -0.3 is 5.32 Å². The molecular formula is C13H13FN4O3S. The normalized spacial score (nSPS) is 11.9. The van der Waals surface area contributed by atoms with E-state index in [1.54, 1.807) is 13.0 Å². The van der Waals surface area contributed by atoms with E-state index in [-0.39, 0.29) is 10.7 Å². The maximum Gasteiger partial charge on any atom is 0.342 e. The molecule has 1 atom stereocenters. The highest BCUT2D eigenvalue weighted by atomic mass is 32.2. The third-order valence-electron chi connectivity index (χ3n) is 2.73. The molecule has 1 aromatic carbocycles. The van der Waals surface area contributed by atoms with Crippen molar-refractivity contribution in [1.82, 2.24) is 15.2 Å². The molecule has 3 N–H and O–H groups in total. The fourth-order valence-electron chi connectivity index (χ4n) is 1.65. The van der Waals surface area contributed by atoms with E-state index in [4.69, 9.17) is 0 Å². The second-order valence-electron chi connectivity index (χ2n) is 4.30. The number of nitrogens with zero attached hydrogens (tertiary/aromatic N) is 1. The summed E-state index contributed by atoms with van der Waals surface area (Å²) in [6.45, 7) is 1.75. The molecule has 0 aliphatic heterocycles. The second-order valence-corrected chi connectivity index (χ2v) is 5.49. The standard InChI is InChI=1S/C13H13FN4O3S/c1-2-9(22-12-11(20)16-13(21)18-17-12)10(19)15-8-6-4-3-5-7(8)14/h3-6,9H,2H2,1H3,(H,15,19)(H2,16,18,20,21). The van der Waals surface area contributed by atoms with Crippen molar-refractivity contribution in [2.24, 2.45) is 0 Å². The SMILES string of the molecule is CCC(Sc1n[nH]c(=O)[nH]c1=O)C(=O)Nc1ccccc1F. The third-order valence-corrected chi connectivity index (χ3v) is 4.06. The lowest BCUT2D eigenvalue weighted by Crippen LogP contribution is -2.29. The maximum absolute atomic E-state index is 13.5. The number of hydrogen-bond donors (Lipinski definition) is 3. The minimum atomic E-state index is -0.724. The van der Waals surface area contributed by atoms with Crippen LogP contribution in [-0.2, 0) is 4.79 Å². The average Bonchev–Trinajstić information content (AvgIpc) is 2.49. The predicted molar refractivity (Wildman–Crippen MR) is 80.4 cm³/mol. The van der Waals surface area contributed by atoms with Crippen LogP contribution in [0.25, 0.3) is 0 Å². The second kappa shape index (κ2) is 7.03. The minimum absolute atomic E-state index is 0.0323. The van der Waals surface area contributed by atoms with Gasteiger partial charge in [-0.15, -0.1) is 0 Å². The number of benzene rings is 1. The van der Waals surface area contributed by atoms with Crippen molar-refractivity contribution in [3.05, 3.63) is 50.9 Å². The van der Waals surface area contributed by atoms with Gasteiger partial charge in [0.2, 0.25) is 5.91 Å². The third kappa shape index (κ3) is 3.82. The number of anilines is 1. The molecule has 0 radical (unpaired) electrons. The first-order chi connectivity index (χ1) is 10.5. The Morgan fingerprint density at radius 2 is 2.14 bits per heavy atom. The van der Waals surface area contributed by atoms with Crippen LogP contribution in [0.15, 0.2) is 38.9 Å². The van der Waals surface area contributed by atoms with Gasteiger partial charge in [-0.05, 0) is 18.6 Å². The first-order valence-corrected chi connectivity index (χ1v) is 7.30. The maximum atomic E-state index is 13.5. The van der Waals surface area contributed by atoms with Gasteiger partial charge in [-0.3, -0.25) is 14.6 Å². The van der Waals surface area contributed by atoms with Gasteiger partial charge in [-0.25, -0.2) is 14.3 Å². The number of aromatic nitrogens is 3. The number of carbonyl (C=O) groups is 1. The Morgan fingerprint density at radius 1 is 1.41 bits per heavy atom. The molecule has 0 spiro atoms. The molecule has 1 heterocycles. The molecular weight excluding hydrogens is 311 g/mol. The van der Waals surface area contributed by atoms with Crippen LogP contribution in [0.4, 0.5) is 10.1 Å². The van der Waals surface area contributed by atoms with Crippen molar-refractivity contribution in [2.75, 3.05) is 5.32 Å². The first-order valence-electron chi connectivity index (χ1n) is 6.42. The van der Waals surface area contributed by atoms with E-state index in [1.165, 1.54) is 18.2 Å². The number of para-hydroxylation sites is 1. The van der Waals surface area contributed by atoms with Crippen LogP contribution < -0.4 is 16.6 Å². The Kier molecular flexibility index (Phi) is 5.10. The number of amides is 1. The van der Waals surface area contributed by atoms with Crippen molar-refractivity contribution < 1.29 is 9.18 Å². The van der Waals surface area contributed by atoms with Crippen molar-refractivity contribution in [2.45, 2.75) is 23.6 Å². The molecule has 116 valence electrons. The number of thioether (sulfide) groups is 1. The van der Waals surface area contributed by atoms with Gasteiger partial charge in [0.1, 0.15) is 5.82 Å². The van der Waals surface area contributed by atoms with Crippen molar-refractivity contribution in [3.63, 3.8) is 0 Å². The lowest BCUT2D eigenvalue weighted by atomic mass is 10.2. The summed E-state index contributed by atoms with van der Waals surface area (Å²) in [5.41, 5.74) is -1.33. The monoisotopic (exact) mass is 324 g/mol. The van der Waals surface area contributed by atoms with E-state index >= 15 is 0 Å². The number of H-pyrrole nitrogens is 2. The van der Waals surface area contributed by atoms with Crippen molar-refractivity contribution >= 4 is 23.4 Å². The molecule has 0 aliphatic rings. The summed E-state index contributed by atoms with van der Waals surface area (Å²) < 4.78 is 13.5. The Balaban J connectivity index is 2.14. The van der Waals surface area contributed by atoms with E-state index in [9.17, 15) is 18.8 Å². The van der Waals surface area contributed by atoms with Gasteiger partial charge in [0, 0.05) is 0 Å². The molecule has 22 heavy (non-hydrogen) atoms. The zero-order valence-corrected chi connectivity index (χ0v) is 12.4. The number of rotatable bonds is 5. The number of carbonyl (C=O) groups excluding carboxylic acids is 1. The van der Waals surface area contributed by atoms with Crippen LogP contribution >= 0.6 is 11.8 Å². The summed E-state index contributed by atoms with van der Waals surface area (Å²) in [6.07, 6.45) is 0.394. The van der Waals surface area contributed by atoms with E-state index in [0.717, 1.165) is 11.8 Å². The van der Waals surface area contributed by atoms with E-state index in [0.29, 0.717) is 6.42 Å². The minimum Gasteiger partial charge on any atom is -0.323 e. The lowest BCUT2D eigenvalue weighted by molar-refractivity contribution is -0.115. The first kappa shape index (κ1) is 16.0. The summed E-state index contributed by atoms with van der Waals surface area (Å²) in [5.74, 6) is -0.999. The largest absolute Gasteiger partial charge is 0.342 e. The van der Waals surface area contributed by atoms with Gasteiger partial charge in [-0.2, -0.15) is 5.10 Å². The Labute approximate surface area is 128 Å². The molecule has 1 unspecified atom stereocenters. The number of nitrogens with one attached hydrogen (secondary N) is 3. The summed E-state index contributed by atoms with van der Waals surface area (Å²) in [5, 5.41) is 7.47. The smallest absolute Gasteiger partial charge is 0.323 e. The van der Waals surface area contributed by atoms with E-state index in [2.05, 4.69) is 15.5 Å². The number of halogens is 1. The molecule has 0 aliphatic carbocycles. The zero-order valence-electron chi connectivity index (χ0n) is 11.6. The highest BCUT2D eigenvalue weighted by molar-refractivity contribution is 8.00. The summed E-state index contributed by atoms with van der Waals surface area (Å²) in [6, 6.07) is 5.79. The zero-order chi connectivity index (χ0) is 16.1. The number of hydrogen-bond acceptors (Lipinski definition) is 5.